The van der Waals surface area contributed by atoms with Crippen LogP contribution in [-0.2, 0) is 10.0 Å². The van der Waals surface area contributed by atoms with Crippen LogP contribution in [0, 0.1) is 6.92 Å². The fraction of sp³-hybridized carbons (Fsp3) is 0.130. The number of aryl methyl sites for hydroxylation is 1. The molecule has 9 heteroatoms. The van der Waals surface area contributed by atoms with Crippen molar-refractivity contribution >= 4 is 27.5 Å². The van der Waals surface area contributed by atoms with Crippen molar-refractivity contribution in [3.8, 4) is 5.75 Å². The number of carbonyl (C=O) groups is 2. The van der Waals surface area contributed by atoms with Crippen molar-refractivity contribution in [3.63, 3.8) is 0 Å². The van der Waals surface area contributed by atoms with Crippen molar-refractivity contribution in [2.45, 2.75) is 18.7 Å². The average molecular weight is 454 g/mol. The van der Waals surface area contributed by atoms with E-state index in [0.717, 1.165) is 5.56 Å². The number of amides is 2. The van der Waals surface area contributed by atoms with Gasteiger partial charge in [-0.25, -0.2) is 8.42 Å². The van der Waals surface area contributed by atoms with Crippen LogP contribution in [0.3, 0.4) is 0 Å². The molecule has 0 saturated heterocycles. The molecule has 0 heterocycles. The van der Waals surface area contributed by atoms with Crippen molar-refractivity contribution in [2.75, 3.05) is 11.3 Å². The number of nitrogens with one attached hydrogen (secondary N) is 3. The number of rotatable bonds is 7. The zero-order valence-electron chi connectivity index (χ0n) is 17.6. The van der Waals surface area contributed by atoms with Crippen LogP contribution in [-0.4, -0.2) is 26.8 Å². The van der Waals surface area contributed by atoms with Gasteiger partial charge in [-0.3, -0.25) is 25.2 Å². The lowest BCUT2D eigenvalue weighted by atomic mass is 10.2. The predicted molar refractivity (Wildman–Crippen MR) is 121 cm³/mol. The van der Waals surface area contributed by atoms with Gasteiger partial charge >= 0.3 is 0 Å². The van der Waals surface area contributed by atoms with Gasteiger partial charge in [0.05, 0.1) is 11.5 Å². The molecule has 0 spiro atoms. The molecular formula is C23H23N3O5S. The van der Waals surface area contributed by atoms with E-state index in [1.807, 2.05) is 13.8 Å². The summed E-state index contributed by atoms with van der Waals surface area (Å²) in [5.41, 5.74) is 6.31. The monoisotopic (exact) mass is 453 g/mol. The number of carbonyl (C=O) groups excluding carboxylic acids is 2. The summed E-state index contributed by atoms with van der Waals surface area (Å²) in [6, 6.07) is 18.8. The first-order valence-electron chi connectivity index (χ1n) is 9.81. The second-order valence-corrected chi connectivity index (χ2v) is 8.55. The maximum absolute atomic E-state index is 12.6. The smallest absolute Gasteiger partial charge is 0.269 e. The summed E-state index contributed by atoms with van der Waals surface area (Å²) >= 11 is 0. The zero-order valence-corrected chi connectivity index (χ0v) is 18.4. The Morgan fingerprint density at radius 2 is 1.47 bits per heavy atom. The van der Waals surface area contributed by atoms with E-state index in [1.54, 1.807) is 36.4 Å². The van der Waals surface area contributed by atoms with Gasteiger partial charge in [0, 0.05) is 16.8 Å². The highest BCUT2D eigenvalue weighted by Gasteiger charge is 2.15. The van der Waals surface area contributed by atoms with E-state index in [4.69, 9.17) is 4.74 Å². The third kappa shape index (κ3) is 5.86. The lowest BCUT2D eigenvalue weighted by Crippen LogP contribution is -2.41. The highest BCUT2D eigenvalue weighted by molar-refractivity contribution is 7.92. The van der Waals surface area contributed by atoms with Gasteiger partial charge in [-0.05, 0) is 68.4 Å². The van der Waals surface area contributed by atoms with Gasteiger partial charge in [0.1, 0.15) is 5.75 Å². The molecule has 32 heavy (non-hydrogen) atoms. The van der Waals surface area contributed by atoms with Gasteiger partial charge in [-0.15, -0.1) is 0 Å². The molecule has 0 saturated carbocycles. The Morgan fingerprint density at radius 1 is 0.844 bits per heavy atom. The largest absolute Gasteiger partial charge is 0.494 e. The Morgan fingerprint density at radius 3 is 2.09 bits per heavy atom. The molecule has 3 aromatic carbocycles. The standard InChI is InChI=1S/C23H23N3O5S/c1-3-31-20-11-9-17(10-12-20)22(27)24-25-23(28)18-5-4-6-19(15-18)26-32(29,30)21-13-7-16(2)8-14-21/h4-15,26H,3H2,1-2H3,(H,24,27)(H,25,28). The van der Waals surface area contributed by atoms with E-state index in [2.05, 4.69) is 15.6 Å². The molecule has 0 aliphatic heterocycles. The first-order chi connectivity index (χ1) is 15.3. The first-order valence-corrected chi connectivity index (χ1v) is 11.3. The van der Waals surface area contributed by atoms with Crippen molar-refractivity contribution < 1.29 is 22.7 Å². The summed E-state index contributed by atoms with van der Waals surface area (Å²) in [4.78, 5) is 24.8. The normalized spacial score (nSPS) is 10.8. The molecule has 0 aliphatic rings. The van der Waals surface area contributed by atoms with Crippen LogP contribution in [0.15, 0.2) is 77.7 Å². The third-order valence-corrected chi connectivity index (χ3v) is 5.82. The summed E-state index contributed by atoms with van der Waals surface area (Å²) in [6.45, 7) is 4.24. The van der Waals surface area contributed by atoms with E-state index in [0.29, 0.717) is 17.9 Å². The van der Waals surface area contributed by atoms with Gasteiger partial charge in [0.15, 0.2) is 0 Å². The number of anilines is 1. The van der Waals surface area contributed by atoms with Crippen molar-refractivity contribution in [3.05, 3.63) is 89.5 Å². The van der Waals surface area contributed by atoms with Crippen LogP contribution in [0.25, 0.3) is 0 Å². The molecular weight excluding hydrogens is 430 g/mol. The summed E-state index contributed by atoms with van der Waals surface area (Å²) in [5, 5.41) is 0. The molecule has 3 rings (SSSR count). The number of hydrazine groups is 1. The summed E-state index contributed by atoms with van der Waals surface area (Å²) < 4.78 is 32.9. The fourth-order valence-corrected chi connectivity index (χ4v) is 3.83. The predicted octanol–water partition coefficient (Wildman–Crippen LogP) is 3.27. The molecule has 8 nitrogen and oxygen atoms in total. The van der Waals surface area contributed by atoms with Gasteiger partial charge in [0.2, 0.25) is 0 Å². The Hall–Kier alpha value is -3.85. The van der Waals surface area contributed by atoms with Crippen LogP contribution in [0.4, 0.5) is 5.69 Å². The molecule has 0 fully saturated rings. The lowest BCUT2D eigenvalue weighted by molar-refractivity contribution is 0.0846. The molecule has 0 bridgehead atoms. The second kappa shape index (κ2) is 9.97. The van der Waals surface area contributed by atoms with Crippen LogP contribution in [0.1, 0.15) is 33.2 Å². The lowest BCUT2D eigenvalue weighted by Gasteiger charge is -2.11. The van der Waals surface area contributed by atoms with Crippen LogP contribution >= 0.6 is 0 Å². The minimum Gasteiger partial charge on any atom is -0.494 e. The second-order valence-electron chi connectivity index (χ2n) is 6.86. The summed E-state index contributed by atoms with van der Waals surface area (Å²) in [6.07, 6.45) is 0. The summed E-state index contributed by atoms with van der Waals surface area (Å²) in [5.74, 6) is -0.462. The number of benzene rings is 3. The Labute approximate surface area is 186 Å². The molecule has 0 aromatic heterocycles. The topological polar surface area (TPSA) is 114 Å². The maximum atomic E-state index is 12.6. The minimum atomic E-state index is -3.80. The molecule has 0 unspecified atom stereocenters. The molecule has 0 radical (unpaired) electrons. The number of hydrogen-bond acceptors (Lipinski definition) is 5. The van der Waals surface area contributed by atoms with Crippen molar-refractivity contribution in [2.24, 2.45) is 0 Å². The van der Waals surface area contributed by atoms with Crippen LogP contribution in [0.2, 0.25) is 0 Å². The first kappa shape index (κ1) is 22.8. The minimum absolute atomic E-state index is 0.112. The Bertz CT molecular complexity index is 1210. The average Bonchev–Trinajstić information content (AvgIpc) is 2.78. The van der Waals surface area contributed by atoms with Gasteiger partial charge in [-0.1, -0.05) is 23.8 Å². The zero-order chi connectivity index (χ0) is 23.1. The highest BCUT2D eigenvalue weighted by atomic mass is 32.2. The molecule has 2 amide bonds. The van der Waals surface area contributed by atoms with Crippen molar-refractivity contribution in [1.82, 2.24) is 10.9 Å². The molecule has 3 aromatic rings. The van der Waals surface area contributed by atoms with E-state index in [-0.39, 0.29) is 16.1 Å². The Balaban J connectivity index is 1.63. The van der Waals surface area contributed by atoms with E-state index < -0.39 is 21.8 Å². The number of sulfonamides is 1. The molecule has 166 valence electrons. The van der Waals surface area contributed by atoms with Gasteiger partial charge in [-0.2, -0.15) is 0 Å². The number of ether oxygens (including phenoxy) is 1. The number of hydrogen-bond donors (Lipinski definition) is 3. The maximum Gasteiger partial charge on any atom is 0.269 e. The fourth-order valence-electron chi connectivity index (χ4n) is 2.78. The molecule has 3 N–H and O–H groups in total. The van der Waals surface area contributed by atoms with Gasteiger partial charge in [0.25, 0.3) is 21.8 Å². The molecule has 0 aliphatic carbocycles. The van der Waals surface area contributed by atoms with E-state index >= 15 is 0 Å². The quantitative estimate of drug-likeness (QED) is 0.475. The molecule has 0 atom stereocenters. The van der Waals surface area contributed by atoms with Crippen LogP contribution in [0.5, 0.6) is 5.75 Å². The summed E-state index contributed by atoms with van der Waals surface area (Å²) in [7, 11) is -3.80. The van der Waals surface area contributed by atoms with E-state index in [9.17, 15) is 18.0 Å². The SMILES string of the molecule is CCOc1ccc(C(=O)NNC(=O)c2cccc(NS(=O)(=O)c3ccc(C)cc3)c2)cc1. The third-order valence-electron chi connectivity index (χ3n) is 4.43. The Kier molecular flexibility index (Phi) is 7.11. The highest BCUT2D eigenvalue weighted by Crippen LogP contribution is 2.18. The van der Waals surface area contributed by atoms with E-state index in [1.165, 1.54) is 36.4 Å². The van der Waals surface area contributed by atoms with Crippen LogP contribution < -0.4 is 20.3 Å². The van der Waals surface area contributed by atoms with Crippen molar-refractivity contribution in [1.29, 1.82) is 0 Å². The van der Waals surface area contributed by atoms with Gasteiger partial charge < -0.3 is 4.74 Å².